The molecule has 5 heteroatoms. The number of ether oxygens (including phenoxy) is 1. The monoisotopic (exact) mass is 432 g/mol. The molecule has 1 atom stereocenters. The maximum absolute atomic E-state index is 12.1. The van der Waals surface area contributed by atoms with Crippen LogP contribution in [0.3, 0.4) is 0 Å². The fraction of sp³-hybridized carbons (Fsp3) is 0.286. The van der Waals surface area contributed by atoms with Gasteiger partial charge in [0, 0.05) is 0 Å². The second-order valence-corrected chi connectivity index (χ2v) is 8.42. The second-order valence-electron chi connectivity index (χ2n) is 4.24. The molecular weight excluding hydrogens is 421 g/mol. The average molecular weight is 433 g/mol. The standard InChI is InChI=1S/C14H12BrINO2/c1-2-19-14(18)10-7-17-12-4-3-8(15)5-9(12)13(10)11-6-16-11/h3-5,7,11H,2,6H2,1H3/q-1. The Morgan fingerprint density at radius 1 is 1.58 bits per heavy atom. The van der Waals surface area contributed by atoms with Crippen LogP contribution in [0.2, 0.25) is 0 Å². The van der Waals surface area contributed by atoms with E-state index in [1.807, 2.05) is 19.1 Å². The van der Waals surface area contributed by atoms with Crippen LogP contribution in [0.15, 0.2) is 28.9 Å². The third-order valence-corrected chi connectivity index (χ3v) is 5.87. The van der Waals surface area contributed by atoms with E-state index in [9.17, 15) is 4.79 Å². The van der Waals surface area contributed by atoms with Crippen molar-refractivity contribution in [3.05, 3.63) is 40.0 Å². The van der Waals surface area contributed by atoms with E-state index in [0.717, 1.165) is 20.9 Å². The summed E-state index contributed by atoms with van der Waals surface area (Å²) >= 11 is 3.70. The van der Waals surface area contributed by atoms with E-state index in [0.29, 0.717) is 16.1 Å². The Morgan fingerprint density at radius 3 is 3.05 bits per heavy atom. The summed E-state index contributed by atoms with van der Waals surface area (Å²) in [5.41, 5.74) is 2.74. The minimum atomic E-state index is -0.247. The Hall–Kier alpha value is -0.690. The number of rotatable bonds is 3. The van der Waals surface area contributed by atoms with Crippen molar-refractivity contribution in [2.45, 2.75) is 10.8 Å². The van der Waals surface area contributed by atoms with E-state index < -0.39 is 0 Å². The summed E-state index contributed by atoms with van der Waals surface area (Å²) in [6, 6.07) is 6.02. The number of carbonyl (C=O) groups excluding carboxylic acids is 1. The molecule has 3 rings (SSSR count). The molecule has 1 fully saturated rings. The van der Waals surface area contributed by atoms with Crippen LogP contribution >= 0.6 is 15.9 Å². The topological polar surface area (TPSA) is 39.2 Å². The van der Waals surface area contributed by atoms with E-state index in [1.54, 1.807) is 6.20 Å². The maximum atomic E-state index is 12.1. The summed E-state index contributed by atoms with van der Waals surface area (Å²) in [7, 11) is 0. The van der Waals surface area contributed by atoms with Gasteiger partial charge in [0.25, 0.3) is 0 Å². The van der Waals surface area contributed by atoms with E-state index in [1.165, 1.54) is 4.43 Å². The first kappa shape index (κ1) is 13.3. The Balaban J connectivity index is 2.22. The summed E-state index contributed by atoms with van der Waals surface area (Å²) in [6.07, 6.45) is 1.67. The predicted molar refractivity (Wildman–Crippen MR) is 73.0 cm³/mol. The van der Waals surface area contributed by atoms with E-state index in [2.05, 4.69) is 27.0 Å². The van der Waals surface area contributed by atoms with Crippen molar-refractivity contribution < 1.29 is 30.7 Å². The number of fused-ring (bicyclic) bond motifs is 1. The van der Waals surface area contributed by atoms with Crippen molar-refractivity contribution in [3.63, 3.8) is 0 Å². The molecule has 0 aliphatic carbocycles. The second kappa shape index (κ2) is 5.36. The summed E-state index contributed by atoms with van der Waals surface area (Å²) in [5, 5.41) is 1.09. The number of carbonyl (C=O) groups is 1. The number of benzene rings is 1. The molecule has 2 aromatic rings. The van der Waals surface area contributed by atoms with Crippen LogP contribution < -0.4 is 21.2 Å². The molecular formula is C14H12BrINO2-. The Labute approximate surface area is 130 Å². The molecule has 0 N–H and O–H groups in total. The third-order valence-electron chi connectivity index (χ3n) is 2.99. The van der Waals surface area contributed by atoms with Gasteiger partial charge in [0.2, 0.25) is 0 Å². The quantitative estimate of drug-likeness (QED) is 0.398. The van der Waals surface area contributed by atoms with Gasteiger partial charge in [-0.15, -0.1) is 0 Å². The van der Waals surface area contributed by atoms with Gasteiger partial charge < -0.3 is 0 Å². The normalized spacial score (nSPS) is 17.9. The van der Waals surface area contributed by atoms with Crippen LogP contribution in [-0.4, -0.2) is 22.0 Å². The molecule has 1 unspecified atom stereocenters. The first-order valence-corrected chi connectivity index (χ1v) is 9.60. The van der Waals surface area contributed by atoms with Crippen molar-refractivity contribution in [1.82, 2.24) is 4.98 Å². The molecule has 0 bridgehead atoms. The van der Waals surface area contributed by atoms with Gasteiger partial charge in [0.1, 0.15) is 0 Å². The van der Waals surface area contributed by atoms with Crippen LogP contribution in [0.4, 0.5) is 0 Å². The zero-order valence-corrected chi connectivity index (χ0v) is 14.1. The molecule has 0 spiro atoms. The molecule has 19 heavy (non-hydrogen) atoms. The van der Waals surface area contributed by atoms with Gasteiger partial charge >= 0.3 is 130 Å². The number of hydrogen-bond donors (Lipinski definition) is 0. The molecule has 100 valence electrons. The van der Waals surface area contributed by atoms with Crippen molar-refractivity contribution in [2.75, 3.05) is 11.0 Å². The predicted octanol–water partition coefficient (Wildman–Crippen LogP) is 0.318. The fourth-order valence-corrected chi connectivity index (χ4v) is 4.26. The van der Waals surface area contributed by atoms with Crippen LogP contribution in [0.25, 0.3) is 10.9 Å². The first-order valence-electron chi connectivity index (χ1n) is 6.03. The van der Waals surface area contributed by atoms with Crippen molar-refractivity contribution in [1.29, 1.82) is 0 Å². The minimum absolute atomic E-state index is 0.208. The van der Waals surface area contributed by atoms with Gasteiger partial charge in [-0.25, -0.2) is 0 Å². The SMILES string of the molecule is CCOC(=O)c1cnc2ccc(Br)cc2c1C1C[I-]1. The summed E-state index contributed by atoms with van der Waals surface area (Å²) in [6.45, 7) is 2.22. The molecule has 0 radical (unpaired) electrons. The number of pyridine rings is 1. The number of aromatic nitrogens is 1. The van der Waals surface area contributed by atoms with Crippen LogP contribution in [0.1, 0.15) is 26.8 Å². The number of nitrogens with zero attached hydrogens (tertiary/aromatic N) is 1. The van der Waals surface area contributed by atoms with Crippen molar-refractivity contribution >= 4 is 32.8 Å². The zero-order chi connectivity index (χ0) is 13.4. The Morgan fingerprint density at radius 2 is 2.37 bits per heavy atom. The molecule has 0 amide bonds. The average Bonchev–Trinajstić information content (AvgIpc) is 3.21. The summed E-state index contributed by atoms with van der Waals surface area (Å²) in [5.74, 6) is -0.247. The number of halogens is 2. The molecule has 1 aromatic heterocycles. The van der Waals surface area contributed by atoms with Gasteiger partial charge in [-0.3, -0.25) is 0 Å². The molecule has 3 nitrogen and oxygen atoms in total. The Kier molecular flexibility index (Phi) is 3.75. The summed E-state index contributed by atoms with van der Waals surface area (Å²) in [4.78, 5) is 16.5. The van der Waals surface area contributed by atoms with E-state index in [-0.39, 0.29) is 27.2 Å². The van der Waals surface area contributed by atoms with E-state index >= 15 is 0 Å². The Bertz CT molecular complexity index is 655. The fourth-order valence-electron chi connectivity index (χ4n) is 2.09. The van der Waals surface area contributed by atoms with Crippen LogP contribution in [-0.2, 0) is 4.74 Å². The van der Waals surface area contributed by atoms with Crippen LogP contribution in [0, 0.1) is 0 Å². The molecule has 1 saturated heterocycles. The van der Waals surface area contributed by atoms with Gasteiger partial charge in [-0.2, -0.15) is 0 Å². The van der Waals surface area contributed by atoms with E-state index in [4.69, 9.17) is 4.74 Å². The zero-order valence-electron chi connectivity index (χ0n) is 10.3. The van der Waals surface area contributed by atoms with Gasteiger partial charge in [0.05, 0.1) is 0 Å². The van der Waals surface area contributed by atoms with Crippen molar-refractivity contribution in [3.8, 4) is 0 Å². The number of alkyl halides is 2. The van der Waals surface area contributed by atoms with Gasteiger partial charge in [0.15, 0.2) is 0 Å². The van der Waals surface area contributed by atoms with Crippen LogP contribution in [0.5, 0.6) is 0 Å². The molecule has 1 aromatic carbocycles. The first-order chi connectivity index (χ1) is 9.20. The molecule has 1 aliphatic rings. The van der Waals surface area contributed by atoms with Gasteiger partial charge in [-0.1, -0.05) is 0 Å². The summed E-state index contributed by atoms with van der Waals surface area (Å²) < 4.78 is 7.99. The number of hydrogen-bond acceptors (Lipinski definition) is 3. The van der Waals surface area contributed by atoms with Gasteiger partial charge in [-0.05, 0) is 0 Å². The third kappa shape index (κ3) is 2.63. The molecule has 1 aliphatic heterocycles. The van der Waals surface area contributed by atoms with Crippen molar-refractivity contribution in [2.24, 2.45) is 0 Å². The molecule has 2 heterocycles. The number of esters is 1. The molecule has 0 saturated carbocycles.